The second kappa shape index (κ2) is 1.23. The van der Waals surface area contributed by atoms with Gasteiger partial charge in [0, 0.05) is 0 Å². The molecule has 0 nitrogen and oxygen atoms in total. The molecule has 3 unspecified atom stereocenters. The van der Waals surface area contributed by atoms with Gasteiger partial charge in [-0.15, -0.1) is 9.24 Å². The summed E-state index contributed by atoms with van der Waals surface area (Å²) in [5.74, 6) is 2.24. The molecule has 3 fully saturated rings. The Kier molecular flexibility index (Phi) is 0.758. The van der Waals surface area contributed by atoms with Crippen LogP contribution >= 0.6 is 9.24 Å². The fourth-order valence-electron chi connectivity index (χ4n) is 1.94. The highest BCUT2D eigenvalue weighted by atomic mass is 31.0. The second-order valence-corrected chi connectivity index (χ2v) is 3.68. The summed E-state index contributed by atoms with van der Waals surface area (Å²) < 4.78 is 0. The van der Waals surface area contributed by atoms with Gasteiger partial charge in [0.05, 0.1) is 0 Å². The zero-order chi connectivity index (χ0) is 4.85. The average molecular weight is 114 g/mol. The van der Waals surface area contributed by atoms with Gasteiger partial charge >= 0.3 is 0 Å². The van der Waals surface area contributed by atoms with E-state index in [1.54, 1.807) is 6.42 Å². The number of rotatable bonds is 0. The van der Waals surface area contributed by atoms with Crippen LogP contribution < -0.4 is 0 Å². The molecule has 7 heavy (non-hydrogen) atoms. The third-order valence-electron chi connectivity index (χ3n) is 2.60. The first-order valence-electron chi connectivity index (χ1n) is 3.13. The molecule has 0 aliphatic heterocycles. The molecule has 2 bridgehead atoms. The van der Waals surface area contributed by atoms with Gasteiger partial charge in [-0.3, -0.25) is 0 Å². The molecule has 3 aliphatic carbocycles. The van der Waals surface area contributed by atoms with Crippen LogP contribution in [0.5, 0.6) is 0 Å². The molecule has 0 saturated heterocycles. The van der Waals surface area contributed by atoms with Gasteiger partial charge in [-0.05, 0) is 36.8 Å². The first-order valence-corrected chi connectivity index (χ1v) is 3.80. The van der Waals surface area contributed by atoms with Gasteiger partial charge < -0.3 is 0 Å². The molecular weight excluding hydrogens is 103 g/mol. The minimum absolute atomic E-state index is 1.03. The van der Waals surface area contributed by atoms with E-state index in [0.29, 0.717) is 0 Å². The number of fused-ring (bicyclic) bond motifs is 1. The van der Waals surface area contributed by atoms with Crippen LogP contribution in [0.25, 0.3) is 0 Å². The first-order chi connectivity index (χ1) is 3.38. The van der Waals surface area contributed by atoms with Crippen LogP contribution in [0.1, 0.15) is 19.3 Å². The summed E-state index contributed by atoms with van der Waals surface area (Å²) in [4.78, 5) is 0. The standard InChI is InChI=1S/C6H11P/c7-6-4-1-2-5(6)3-4/h4-6H,1-3,7H2. The molecule has 0 N–H and O–H groups in total. The molecule has 0 aromatic carbocycles. The van der Waals surface area contributed by atoms with Crippen LogP contribution in [0.3, 0.4) is 0 Å². The van der Waals surface area contributed by atoms with E-state index in [2.05, 4.69) is 9.24 Å². The largest absolute Gasteiger partial charge is 0.134 e. The van der Waals surface area contributed by atoms with E-state index in [4.69, 9.17) is 0 Å². The van der Waals surface area contributed by atoms with E-state index in [-0.39, 0.29) is 0 Å². The molecule has 3 atom stereocenters. The second-order valence-electron chi connectivity index (χ2n) is 2.91. The summed E-state index contributed by atoms with van der Waals surface area (Å²) in [6.07, 6.45) is 4.60. The van der Waals surface area contributed by atoms with Crippen molar-refractivity contribution in [3.63, 3.8) is 0 Å². The summed E-state index contributed by atoms with van der Waals surface area (Å²) in [7, 11) is 2.96. The van der Waals surface area contributed by atoms with Crippen LogP contribution in [-0.2, 0) is 0 Å². The predicted octanol–water partition coefficient (Wildman–Crippen LogP) is 1.66. The van der Waals surface area contributed by atoms with E-state index in [9.17, 15) is 0 Å². The van der Waals surface area contributed by atoms with Gasteiger partial charge in [-0.25, -0.2) is 0 Å². The molecule has 0 heterocycles. The topological polar surface area (TPSA) is 0 Å². The summed E-state index contributed by atoms with van der Waals surface area (Å²) in [6, 6.07) is 0. The van der Waals surface area contributed by atoms with E-state index in [1.165, 1.54) is 12.8 Å². The van der Waals surface area contributed by atoms with Crippen LogP contribution in [0.2, 0.25) is 0 Å². The molecule has 3 saturated carbocycles. The van der Waals surface area contributed by atoms with Crippen LogP contribution in [0.4, 0.5) is 0 Å². The summed E-state index contributed by atoms with van der Waals surface area (Å²) in [5, 5.41) is 0. The maximum Gasteiger partial charge on any atom is -0.0207 e. The predicted molar refractivity (Wildman–Crippen MR) is 34.3 cm³/mol. The lowest BCUT2D eigenvalue weighted by atomic mass is 9.84. The van der Waals surface area contributed by atoms with E-state index in [1.807, 2.05) is 0 Å². The highest BCUT2D eigenvalue weighted by molar-refractivity contribution is 7.17. The molecule has 1 heteroatoms. The van der Waals surface area contributed by atoms with Crippen molar-refractivity contribution in [3.8, 4) is 0 Å². The minimum atomic E-state index is 1.03. The highest BCUT2D eigenvalue weighted by Crippen LogP contribution is 2.52. The molecule has 0 spiro atoms. The van der Waals surface area contributed by atoms with Crippen molar-refractivity contribution in [2.45, 2.75) is 24.9 Å². The van der Waals surface area contributed by atoms with Gasteiger partial charge in [-0.1, -0.05) is 0 Å². The van der Waals surface area contributed by atoms with Crippen molar-refractivity contribution < 1.29 is 0 Å². The lowest BCUT2D eigenvalue weighted by molar-refractivity contribution is 0.320. The molecule has 0 aromatic heterocycles. The summed E-state index contributed by atoms with van der Waals surface area (Å²) in [5.41, 5.74) is 1.03. The molecule has 0 radical (unpaired) electrons. The summed E-state index contributed by atoms with van der Waals surface area (Å²) in [6.45, 7) is 0. The van der Waals surface area contributed by atoms with Gasteiger partial charge in [0.25, 0.3) is 0 Å². The van der Waals surface area contributed by atoms with Crippen molar-refractivity contribution in [1.29, 1.82) is 0 Å². The van der Waals surface area contributed by atoms with Gasteiger partial charge in [0.2, 0.25) is 0 Å². The van der Waals surface area contributed by atoms with Crippen molar-refractivity contribution in [1.82, 2.24) is 0 Å². The molecule has 0 amide bonds. The smallest absolute Gasteiger partial charge is 0.0207 e. The lowest BCUT2D eigenvalue weighted by Gasteiger charge is -2.31. The highest BCUT2D eigenvalue weighted by Gasteiger charge is 2.43. The Labute approximate surface area is 46.9 Å². The first kappa shape index (κ1) is 4.32. The number of hydrogen-bond acceptors (Lipinski definition) is 0. The Morgan fingerprint density at radius 3 is 1.86 bits per heavy atom. The zero-order valence-corrected chi connectivity index (χ0v) is 5.59. The van der Waals surface area contributed by atoms with Crippen molar-refractivity contribution >= 4 is 9.24 Å². The molecule has 0 aromatic rings. The van der Waals surface area contributed by atoms with E-state index in [0.717, 1.165) is 17.5 Å². The average Bonchev–Trinajstić information content (AvgIpc) is 2.18. The maximum atomic E-state index is 2.96. The Morgan fingerprint density at radius 2 is 1.71 bits per heavy atom. The van der Waals surface area contributed by atoms with Crippen LogP contribution in [0.15, 0.2) is 0 Å². The van der Waals surface area contributed by atoms with Gasteiger partial charge in [-0.2, -0.15) is 0 Å². The van der Waals surface area contributed by atoms with E-state index >= 15 is 0 Å². The monoisotopic (exact) mass is 114 g/mol. The van der Waals surface area contributed by atoms with Crippen molar-refractivity contribution in [2.24, 2.45) is 11.8 Å². The quantitative estimate of drug-likeness (QED) is 0.420. The molecule has 3 aliphatic rings. The Morgan fingerprint density at radius 1 is 1.14 bits per heavy atom. The minimum Gasteiger partial charge on any atom is -0.134 e. The maximum absolute atomic E-state index is 2.96. The van der Waals surface area contributed by atoms with Crippen molar-refractivity contribution in [3.05, 3.63) is 0 Å². The zero-order valence-electron chi connectivity index (χ0n) is 4.43. The Balaban J connectivity index is 2.14. The number of hydrogen-bond donors (Lipinski definition) is 0. The summed E-state index contributed by atoms with van der Waals surface area (Å²) >= 11 is 0. The Bertz CT molecular complexity index is 76.2. The third kappa shape index (κ3) is 0.415. The molecule has 40 valence electrons. The van der Waals surface area contributed by atoms with E-state index < -0.39 is 0 Å². The normalized spacial score (nSPS) is 57.0. The third-order valence-corrected chi connectivity index (χ3v) is 3.69. The van der Waals surface area contributed by atoms with Crippen LogP contribution in [0, 0.1) is 11.8 Å². The van der Waals surface area contributed by atoms with Gasteiger partial charge in [0.1, 0.15) is 0 Å². The molecular formula is C6H11P. The lowest BCUT2D eigenvalue weighted by Crippen LogP contribution is -2.27. The Hall–Kier alpha value is 0.430. The SMILES string of the molecule is PC1C2CCC1C2. The van der Waals surface area contributed by atoms with Crippen molar-refractivity contribution in [2.75, 3.05) is 0 Å². The molecule has 3 rings (SSSR count). The van der Waals surface area contributed by atoms with Crippen LogP contribution in [-0.4, -0.2) is 5.66 Å². The van der Waals surface area contributed by atoms with Gasteiger partial charge in [0.15, 0.2) is 0 Å². The fourth-order valence-corrected chi connectivity index (χ4v) is 2.64. The fraction of sp³-hybridized carbons (Fsp3) is 1.00.